The van der Waals surface area contributed by atoms with E-state index < -0.39 is 21.9 Å². The van der Waals surface area contributed by atoms with Crippen LogP contribution in [0.25, 0.3) is 10.2 Å². The first-order valence-corrected chi connectivity index (χ1v) is 13.7. The second kappa shape index (κ2) is 10.7. The van der Waals surface area contributed by atoms with Crippen LogP contribution < -0.4 is 4.80 Å². The number of ether oxygens (including phenoxy) is 1. The van der Waals surface area contributed by atoms with Crippen LogP contribution in [-0.2, 0) is 26.1 Å². The number of allylic oxidation sites excluding steroid dienone is 1. The molecule has 35 heavy (non-hydrogen) atoms. The molecule has 184 valence electrons. The molecule has 1 aliphatic rings. The number of piperidine rings is 1. The van der Waals surface area contributed by atoms with E-state index in [9.17, 15) is 18.0 Å². The monoisotopic (exact) mass is 513 g/mol. The van der Waals surface area contributed by atoms with Gasteiger partial charge in [-0.3, -0.25) is 4.79 Å². The first-order valence-electron chi connectivity index (χ1n) is 11.4. The number of thiazole rings is 1. The fourth-order valence-corrected chi connectivity index (χ4v) is 6.72. The Labute approximate surface area is 208 Å². The number of amides is 1. The van der Waals surface area contributed by atoms with Crippen LogP contribution >= 0.6 is 11.3 Å². The minimum atomic E-state index is -3.68. The van der Waals surface area contributed by atoms with E-state index >= 15 is 0 Å². The third kappa shape index (κ3) is 5.29. The maximum absolute atomic E-state index is 13.2. The lowest BCUT2D eigenvalue weighted by Gasteiger charge is -2.30. The molecule has 3 aromatic rings. The number of fused-ring (bicyclic) bond motifs is 1. The molecule has 2 heterocycles. The third-order valence-corrected chi connectivity index (χ3v) is 8.75. The SMILES string of the molecule is C=CCn1c(=NC(=O)C2CCCN(S(=O)(=O)c3ccccc3)C2)sc2cc(C(=O)OCC)ccc21. The van der Waals surface area contributed by atoms with Gasteiger partial charge in [0, 0.05) is 19.6 Å². The summed E-state index contributed by atoms with van der Waals surface area (Å²) in [6, 6.07) is 13.5. The van der Waals surface area contributed by atoms with Gasteiger partial charge in [0.05, 0.1) is 33.2 Å². The van der Waals surface area contributed by atoms with Gasteiger partial charge in [-0.25, -0.2) is 13.2 Å². The minimum Gasteiger partial charge on any atom is -0.462 e. The van der Waals surface area contributed by atoms with Crippen LogP contribution in [0.3, 0.4) is 0 Å². The molecule has 0 N–H and O–H groups in total. The molecule has 2 aromatic carbocycles. The number of esters is 1. The number of rotatable bonds is 7. The minimum absolute atomic E-state index is 0.0962. The van der Waals surface area contributed by atoms with Gasteiger partial charge in [-0.2, -0.15) is 9.30 Å². The first-order chi connectivity index (χ1) is 16.8. The zero-order valence-electron chi connectivity index (χ0n) is 19.4. The largest absolute Gasteiger partial charge is 0.462 e. The molecule has 1 amide bonds. The number of hydrogen-bond donors (Lipinski definition) is 0. The van der Waals surface area contributed by atoms with E-state index in [1.807, 2.05) is 4.57 Å². The van der Waals surface area contributed by atoms with Crippen LogP contribution in [0.5, 0.6) is 0 Å². The van der Waals surface area contributed by atoms with Crippen molar-refractivity contribution in [2.75, 3.05) is 19.7 Å². The van der Waals surface area contributed by atoms with Crippen molar-refractivity contribution in [1.82, 2.24) is 8.87 Å². The number of benzene rings is 2. The lowest BCUT2D eigenvalue weighted by atomic mass is 9.99. The first kappa shape index (κ1) is 25.0. The van der Waals surface area contributed by atoms with E-state index in [0.29, 0.717) is 36.3 Å². The van der Waals surface area contributed by atoms with Gasteiger partial charge in [-0.1, -0.05) is 35.6 Å². The number of sulfonamides is 1. The summed E-state index contributed by atoms with van der Waals surface area (Å²) in [7, 11) is -3.68. The Hall–Kier alpha value is -3.08. The molecule has 1 saturated heterocycles. The van der Waals surface area contributed by atoms with Crippen LogP contribution in [0.4, 0.5) is 0 Å². The van der Waals surface area contributed by atoms with Gasteiger partial charge in [0.15, 0.2) is 4.80 Å². The molecule has 1 fully saturated rings. The summed E-state index contributed by atoms with van der Waals surface area (Å²) < 4.78 is 35.2. The van der Waals surface area contributed by atoms with Gasteiger partial charge in [-0.05, 0) is 50.1 Å². The fourth-order valence-electron chi connectivity index (χ4n) is 4.09. The molecule has 4 rings (SSSR count). The summed E-state index contributed by atoms with van der Waals surface area (Å²) >= 11 is 1.30. The van der Waals surface area contributed by atoms with Crippen molar-refractivity contribution in [3.8, 4) is 0 Å². The van der Waals surface area contributed by atoms with Gasteiger partial charge in [-0.15, -0.1) is 6.58 Å². The van der Waals surface area contributed by atoms with E-state index in [0.717, 1.165) is 10.2 Å². The van der Waals surface area contributed by atoms with E-state index in [1.165, 1.54) is 15.6 Å². The highest BCUT2D eigenvalue weighted by molar-refractivity contribution is 7.89. The third-order valence-electron chi connectivity index (χ3n) is 5.83. The van der Waals surface area contributed by atoms with Crippen molar-refractivity contribution in [1.29, 1.82) is 0 Å². The summed E-state index contributed by atoms with van der Waals surface area (Å²) in [6.45, 7) is 6.73. The number of carbonyl (C=O) groups excluding carboxylic acids is 2. The number of carbonyl (C=O) groups is 2. The molecular weight excluding hydrogens is 486 g/mol. The maximum atomic E-state index is 13.2. The molecule has 8 nitrogen and oxygen atoms in total. The molecule has 0 radical (unpaired) electrons. The predicted molar refractivity (Wildman–Crippen MR) is 134 cm³/mol. The van der Waals surface area contributed by atoms with Crippen molar-refractivity contribution in [3.05, 3.63) is 71.6 Å². The highest BCUT2D eigenvalue weighted by atomic mass is 32.2. The maximum Gasteiger partial charge on any atom is 0.338 e. The lowest BCUT2D eigenvalue weighted by Crippen LogP contribution is -2.42. The van der Waals surface area contributed by atoms with Gasteiger partial charge >= 0.3 is 5.97 Å². The highest BCUT2D eigenvalue weighted by Gasteiger charge is 2.33. The Bertz CT molecular complexity index is 1420. The summed E-state index contributed by atoms with van der Waals surface area (Å²) in [5, 5.41) is 0. The molecule has 1 atom stereocenters. The van der Waals surface area contributed by atoms with E-state index in [1.54, 1.807) is 61.5 Å². The van der Waals surface area contributed by atoms with Crippen molar-refractivity contribution in [2.45, 2.75) is 31.2 Å². The molecule has 0 aliphatic carbocycles. The van der Waals surface area contributed by atoms with Crippen LogP contribution in [0.2, 0.25) is 0 Å². The quantitative estimate of drug-likeness (QED) is 0.355. The molecule has 1 unspecified atom stereocenters. The summed E-state index contributed by atoms with van der Waals surface area (Å²) in [5.74, 6) is -1.29. The van der Waals surface area contributed by atoms with Gasteiger partial charge in [0.1, 0.15) is 0 Å². The standard InChI is InChI=1S/C25H27N3O5S2/c1-3-14-28-21-13-12-18(24(30)33-4-2)16-22(21)34-25(28)26-23(29)19-9-8-15-27(17-19)35(31,32)20-10-6-5-7-11-20/h3,5-7,10-13,16,19H,1,4,8-9,14-15,17H2,2H3. The highest BCUT2D eigenvalue weighted by Crippen LogP contribution is 2.25. The molecular formula is C25H27N3O5S2. The van der Waals surface area contributed by atoms with E-state index in [2.05, 4.69) is 11.6 Å². The number of aromatic nitrogens is 1. The lowest BCUT2D eigenvalue weighted by molar-refractivity contribution is -0.122. The summed E-state index contributed by atoms with van der Waals surface area (Å²) in [6.07, 6.45) is 2.87. The number of nitrogens with zero attached hydrogens (tertiary/aromatic N) is 3. The molecule has 0 saturated carbocycles. The average molecular weight is 514 g/mol. The summed E-state index contributed by atoms with van der Waals surface area (Å²) in [4.78, 5) is 30.4. The van der Waals surface area contributed by atoms with Crippen LogP contribution in [0.15, 0.2) is 71.1 Å². The van der Waals surface area contributed by atoms with Gasteiger partial charge < -0.3 is 9.30 Å². The molecule has 10 heteroatoms. The predicted octanol–water partition coefficient (Wildman–Crippen LogP) is 3.59. The smallest absolute Gasteiger partial charge is 0.338 e. The van der Waals surface area contributed by atoms with Crippen molar-refractivity contribution >= 4 is 43.5 Å². The Morgan fingerprint density at radius 2 is 2.00 bits per heavy atom. The molecule has 0 bridgehead atoms. The Morgan fingerprint density at radius 1 is 1.23 bits per heavy atom. The second-order valence-corrected chi connectivity index (χ2v) is 11.1. The van der Waals surface area contributed by atoms with Crippen LogP contribution in [-0.4, -0.2) is 48.9 Å². The van der Waals surface area contributed by atoms with Crippen LogP contribution in [0.1, 0.15) is 30.1 Å². The van der Waals surface area contributed by atoms with Gasteiger partial charge in [0.25, 0.3) is 5.91 Å². The summed E-state index contributed by atoms with van der Waals surface area (Å²) in [5.41, 5.74) is 1.25. The van der Waals surface area contributed by atoms with Crippen molar-refractivity contribution < 1.29 is 22.7 Å². The molecule has 0 spiro atoms. The van der Waals surface area contributed by atoms with E-state index in [-0.39, 0.29) is 24.0 Å². The van der Waals surface area contributed by atoms with Crippen molar-refractivity contribution in [2.24, 2.45) is 10.9 Å². The van der Waals surface area contributed by atoms with E-state index in [4.69, 9.17) is 4.74 Å². The second-order valence-electron chi connectivity index (χ2n) is 8.15. The zero-order chi connectivity index (χ0) is 25.0. The molecule has 1 aromatic heterocycles. The van der Waals surface area contributed by atoms with Crippen molar-refractivity contribution in [3.63, 3.8) is 0 Å². The van der Waals surface area contributed by atoms with Gasteiger partial charge in [0.2, 0.25) is 10.0 Å². The molecule has 1 aliphatic heterocycles. The Morgan fingerprint density at radius 3 is 2.71 bits per heavy atom. The fraction of sp³-hybridized carbons (Fsp3) is 0.320. The Balaban J connectivity index is 1.64. The van der Waals surface area contributed by atoms with Crippen LogP contribution in [0, 0.1) is 5.92 Å². The normalized spacial score (nSPS) is 17.4. The average Bonchev–Trinajstić information content (AvgIpc) is 3.21. The zero-order valence-corrected chi connectivity index (χ0v) is 21.1. The number of hydrogen-bond acceptors (Lipinski definition) is 6. The Kier molecular flexibility index (Phi) is 7.63. The topological polar surface area (TPSA) is 98.0 Å².